The summed E-state index contributed by atoms with van der Waals surface area (Å²) < 4.78 is 0. The van der Waals surface area contributed by atoms with Gasteiger partial charge in [-0.2, -0.15) is 0 Å². The Kier molecular flexibility index (Phi) is 4.39. The summed E-state index contributed by atoms with van der Waals surface area (Å²) in [6, 6.07) is 11.5. The first kappa shape index (κ1) is 15.6. The zero-order chi connectivity index (χ0) is 16.4. The van der Waals surface area contributed by atoms with Crippen LogP contribution in [0.4, 0.5) is 0 Å². The smallest absolute Gasteiger partial charge is 0.270 e. The van der Waals surface area contributed by atoms with Gasteiger partial charge in [-0.1, -0.05) is 30.3 Å². The highest BCUT2D eigenvalue weighted by Gasteiger charge is 2.35. The number of aryl methyl sites for hydroxylation is 2. The predicted octanol–water partition coefficient (Wildman–Crippen LogP) is 2.34. The topological polar surface area (TPSA) is 75.1 Å². The van der Waals surface area contributed by atoms with Crippen LogP contribution < -0.4 is 5.32 Å². The molecule has 1 aliphatic rings. The van der Waals surface area contributed by atoms with Crippen molar-refractivity contribution in [3.63, 3.8) is 0 Å². The van der Waals surface area contributed by atoms with E-state index in [4.69, 9.17) is 0 Å². The molecule has 1 atom stereocenters. The van der Waals surface area contributed by atoms with E-state index in [1.165, 1.54) is 0 Å². The van der Waals surface area contributed by atoms with Crippen molar-refractivity contribution in [1.82, 2.24) is 15.3 Å². The minimum Gasteiger partial charge on any atom is -0.393 e. The molecule has 3 rings (SSSR count). The molecule has 1 heterocycles. The molecular formula is C18H21N3O2. The molecule has 5 heteroatoms. The SMILES string of the molecule is Cc1cc(C(=O)NC(c2ccccc2)C2CC(O)C2)nc(C)n1. The van der Waals surface area contributed by atoms with Crippen molar-refractivity contribution in [2.75, 3.05) is 0 Å². The Morgan fingerprint density at radius 2 is 1.91 bits per heavy atom. The fraction of sp³-hybridized carbons (Fsp3) is 0.389. The van der Waals surface area contributed by atoms with Crippen molar-refractivity contribution in [1.29, 1.82) is 0 Å². The van der Waals surface area contributed by atoms with E-state index < -0.39 is 0 Å². The number of carbonyl (C=O) groups is 1. The van der Waals surface area contributed by atoms with Gasteiger partial charge in [-0.25, -0.2) is 9.97 Å². The lowest BCUT2D eigenvalue weighted by Crippen LogP contribution is -2.41. The number of hydrogen-bond donors (Lipinski definition) is 2. The molecule has 23 heavy (non-hydrogen) atoms. The zero-order valence-corrected chi connectivity index (χ0v) is 13.4. The lowest BCUT2D eigenvalue weighted by Gasteiger charge is -2.38. The Labute approximate surface area is 135 Å². The fourth-order valence-corrected chi connectivity index (χ4v) is 3.08. The van der Waals surface area contributed by atoms with E-state index in [0.717, 1.165) is 11.3 Å². The van der Waals surface area contributed by atoms with Crippen molar-refractivity contribution in [3.8, 4) is 0 Å². The van der Waals surface area contributed by atoms with Crippen LogP contribution in [0.15, 0.2) is 36.4 Å². The molecule has 2 aromatic rings. The number of rotatable bonds is 4. The van der Waals surface area contributed by atoms with Gasteiger partial charge in [-0.15, -0.1) is 0 Å². The summed E-state index contributed by atoms with van der Waals surface area (Å²) in [6.45, 7) is 3.63. The highest BCUT2D eigenvalue weighted by Crippen LogP contribution is 2.38. The third kappa shape index (κ3) is 3.56. The van der Waals surface area contributed by atoms with E-state index in [-0.39, 0.29) is 24.0 Å². The molecule has 1 saturated carbocycles. The molecule has 0 aliphatic heterocycles. The van der Waals surface area contributed by atoms with Gasteiger partial charge in [0.15, 0.2) is 0 Å². The van der Waals surface area contributed by atoms with E-state index in [2.05, 4.69) is 15.3 Å². The maximum atomic E-state index is 12.6. The fourth-order valence-electron chi connectivity index (χ4n) is 3.08. The zero-order valence-electron chi connectivity index (χ0n) is 13.4. The molecule has 0 saturated heterocycles. The van der Waals surface area contributed by atoms with Crippen LogP contribution in [-0.4, -0.2) is 27.1 Å². The van der Waals surface area contributed by atoms with E-state index in [0.29, 0.717) is 24.4 Å². The molecule has 0 radical (unpaired) electrons. The minimum absolute atomic E-state index is 0.109. The molecule has 1 amide bonds. The molecule has 1 aromatic carbocycles. The summed E-state index contributed by atoms with van der Waals surface area (Å²) >= 11 is 0. The van der Waals surface area contributed by atoms with Crippen LogP contribution in [0.3, 0.4) is 0 Å². The number of nitrogens with one attached hydrogen (secondary N) is 1. The van der Waals surface area contributed by atoms with Crippen LogP contribution in [0, 0.1) is 19.8 Å². The Hall–Kier alpha value is -2.27. The summed E-state index contributed by atoms with van der Waals surface area (Å²) in [6.07, 6.45) is 1.16. The first-order valence-corrected chi connectivity index (χ1v) is 7.89. The molecule has 1 fully saturated rings. The van der Waals surface area contributed by atoms with Gasteiger partial charge in [0, 0.05) is 5.69 Å². The lowest BCUT2D eigenvalue weighted by molar-refractivity contribution is 0.0234. The number of aliphatic hydroxyl groups is 1. The molecule has 1 unspecified atom stereocenters. The number of carbonyl (C=O) groups excluding carboxylic acids is 1. The second-order valence-electron chi connectivity index (χ2n) is 6.19. The first-order valence-electron chi connectivity index (χ1n) is 7.89. The van der Waals surface area contributed by atoms with Crippen LogP contribution in [0.5, 0.6) is 0 Å². The lowest BCUT2D eigenvalue weighted by atomic mass is 9.75. The van der Waals surface area contributed by atoms with Crippen molar-refractivity contribution >= 4 is 5.91 Å². The van der Waals surface area contributed by atoms with Crippen molar-refractivity contribution in [3.05, 3.63) is 59.2 Å². The number of amides is 1. The summed E-state index contributed by atoms with van der Waals surface area (Å²) in [5.41, 5.74) is 2.22. The second-order valence-corrected chi connectivity index (χ2v) is 6.19. The largest absolute Gasteiger partial charge is 0.393 e. The summed E-state index contributed by atoms with van der Waals surface area (Å²) in [5.74, 6) is 0.639. The minimum atomic E-state index is -0.258. The van der Waals surface area contributed by atoms with Crippen molar-refractivity contribution < 1.29 is 9.90 Å². The molecule has 2 N–H and O–H groups in total. The highest BCUT2D eigenvalue weighted by molar-refractivity contribution is 5.92. The Morgan fingerprint density at radius 1 is 1.22 bits per heavy atom. The van der Waals surface area contributed by atoms with Crippen molar-refractivity contribution in [2.24, 2.45) is 5.92 Å². The Bertz CT molecular complexity index is 676. The summed E-state index contributed by atoms with van der Waals surface area (Å²) in [4.78, 5) is 21.0. The number of nitrogens with zero attached hydrogens (tertiary/aromatic N) is 2. The molecule has 0 spiro atoms. The van der Waals surface area contributed by atoms with E-state index in [1.807, 2.05) is 37.3 Å². The van der Waals surface area contributed by atoms with Gasteiger partial charge < -0.3 is 10.4 Å². The van der Waals surface area contributed by atoms with E-state index in [1.54, 1.807) is 13.0 Å². The highest BCUT2D eigenvalue weighted by atomic mass is 16.3. The molecular weight excluding hydrogens is 290 g/mol. The molecule has 1 aromatic heterocycles. The third-order valence-corrected chi connectivity index (χ3v) is 4.26. The van der Waals surface area contributed by atoms with Gasteiger partial charge in [-0.05, 0) is 44.2 Å². The van der Waals surface area contributed by atoms with E-state index >= 15 is 0 Å². The Morgan fingerprint density at radius 3 is 2.52 bits per heavy atom. The van der Waals surface area contributed by atoms with Gasteiger partial charge >= 0.3 is 0 Å². The van der Waals surface area contributed by atoms with Gasteiger partial charge in [0.25, 0.3) is 5.91 Å². The number of benzene rings is 1. The predicted molar refractivity (Wildman–Crippen MR) is 86.9 cm³/mol. The van der Waals surface area contributed by atoms with Crippen LogP contribution in [-0.2, 0) is 0 Å². The van der Waals surface area contributed by atoms with Gasteiger partial charge in [0.1, 0.15) is 11.5 Å². The maximum Gasteiger partial charge on any atom is 0.270 e. The normalized spacial score (nSPS) is 21.3. The molecule has 0 bridgehead atoms. The summed E-state index contributed by atoms with van der Waals surface area (Å²) in [5, 5.41) is 12.7. The summed E-state index contributed by atoms with van der Waals surface area (Å²) in [7, 11) is 0. The van der Waals surface area contributed by atoms with Crippen molar-refractivity contribution in [2.45, 2.75) is 38.8 Å². The van der Waals surface area contributed by atoms with Crippen LogP contribution in [0.2, 0.25) is 0 Å². The van der Waals surface area contributed by atoms with Crippen LogP contribution >= 0.6 is 0 Å². The van der Waals surface area contributed by atoms with Crippen LogP contribution in [0.1, 0.15) is 46.5 Å². The molecule has 1 aliphatic carbocycles. The second kappa shape index (κ2) is 6.46. The quantitative estimate of drug-likeness (QED) is 0.909. The average molecular weight is 311 g/mol. The molecule has 5 nitrogen and oxygen atoms in total. The standard InChI is InChI=1S/C18H21N3O2/c1-11-8-16(20-12(2)19-11)18(23)21-17(14-9-15(22)10-14)13-6-4-3-5-7-13/h3-8,14-15,17,22H,9-10H2,1-2H3,(H,21,23). The third-order valence-electron chi connectivity index (χ3n) is 4.26. The average Bonchev–Trinajstić information content (AvgIpc) is 2.49. The van der Waals surface area contributed by atoms with Gasteiger partial charge in [0.05, 0.1) is 12.1 Å². The maximum absolute atomic E-state index is 12.6. The monoisotopic (exact) mass is 311 g/mol. The molecule has 120 valence electrons. The van der Waals surface area contributed by atoms with Gasteiger partial charge in [0.2, 0.25) is 0 Å². The van der Waals surface area contributed by atoms with E-state index in [9.17, 15) is 9.90 Å². The first-order chi connectivity index (χ1) is 11.0. The van der Waals surface area contributed by atoms with Gasteiger partial charge in [-0.3, -0.25) is 4.79 Å². The Balaban J connectivity index is 1.82. The number of aromatic nitrogens is 2. The number of aliphatic hydroxyl groups excluding tert-OH is 1. The van der Waals surface area contributed by atoms with Crippen LogP contribution in [0.25, 0.3) is 0 Å². The number of hydrogen-bond acceptors (Lipinski definition) is 4.